The maximum atomic E-state index is 13.9. The Kier molecular flexibility index (Phi) is 7.75. The van der Waals surface area contributed by atoms with E-state index in [1.165, 1.54) is 12.1 Å². The van der Waals surface area contributed by atoms with Crippen molar-refractivity contribution < 1.29 is 23.5 Å². The van der Waals surface area contributed by atoms with Crippen LogP contribution in [0.2, 0.25) is 5.02 Å². The lowest BCUT2D eigenvalue weighted by Crippen LogP contribution is -2.46. The van der Waals surface area contributed by atoms with Crippen LogP contribution in [0.3, 0.4) is 0 Å². The molecule has 0 aliphatic carbocycles. The minimum absolute atomic E-state index is 0.0263. The van der Waals surface area contributed by atoms with Crippen LogP contribution in [0.15, 0.2) is 53.7 Å². The van der Waals surface area contributed by atoms with Crippen LogP contribution in [0, 0.1) is 5.82 Å². The summed E-state index contributed by atoms with van der Waals surface area (Å²) in [6, 6.07) is 10.3. The van der Waals surface area contributed by atoms with Crippen molar-refractivity contribution >= 4 is 23.6 Å². The van der Waals surface area contributed by atoms with Crippen molar-refractivity contribution in [2.75, 3.05) is 0 Å². The zero-order valence-corrected chi connectivity index (χ0v) is 19.0. The maximum Gasteiger partial charge on any atom is 0.338 e. The molecule has 0 saturated heterocycles. The van der Waals surface area contributed by atoms with Crippen molar-refractivity contribution in [3.05, 3.63) is 75.7 Å². The van der Waals surface area contributed by atoms with Gasteiger partial charge < -0.3 is 20.1 Å². The zero-order chi connectivity index (χ0) is 23.3. The molecule has 8 heteroatoms. The van der Waals surface area contributed by atoms with Gasteiger partial charge in [0.25, 0.3) is 0 Å². The number of ether oxygens (including phenoxy) is 2. The Morgan fingerprint density at radius 2 is 1.91 bits per heavy atom. The van der Waals surface area contributed by atoms with Crippen LogP contribution in [-0.4, -0.2) is 18.1 Å². The van der Waals surface area contributed by atoms with Gasteiger partial charge in [0.05, 0.1) is 22.7 Å². The third-order valence-corrected chi connectivity index (χ3v) is 5.23. The first-order valence-corrected chi connectivity index (χ1v) is 10.8. The molecule has 0 saturated carbocycles. The highest BCUT2D eigenvalue weighted by atomic mass is 35.5. The molecule has 32 heavy (non-hydrogen) atoms. The second-order valence-corrected chi connectivity index (χ2v) is 8.09. The summed E-state index contributed by atoms with van der Waals surface area (Å²) in [7, 11) is 0. The minimum atomic E-state index is -0.661. The molecule has 2 aromatic rings. The van der Waals surface area contributed by atoms with Gasteiger partial charge in [0, 0.05) is 11.3 Å². The Hall–Kier alpha value is -3.06. The van der Waals surface area contributed by atoms with Crippen molar-refractivity contribution in [1.29, 1.82) is 0 Å². The lowest BCUT2D eigenvalue weighted by molar-refractivity contribution is -0.143. The first kappa shape index (κ1) is 23.6. The Bertz CT molecular complexity index is 1000. The van der Waals surface area contributed by atoms with Crippen molar-refractivity contribution in [3.63, 3.8) is 0 Å². The molecule has 1 aliphatic rings. The zero-order valence-electron chi connectivity index (χ0n) is 18.2. The fourth-order valence-corrected chi connectivity index (χ4v) is 3.63. The summed E-state index contributed by atoms with van der Waals surface area (Å²) < 4.78 is 25.0. The molecule has 0 fully saturated rings. The quantitative estimate of drug-likeness (QED) is 0.516. The Morgan fingerprint density at radius 1 is 1.19 bits per heavy atom. The summed E-state index contributed by atoms with van der Waals surface area (Å²) in [5, 5.41) is 5.83. The Labute approximate surface area is 191 Å². The fraction of sp³-hybridized carbons (Fsp3) is 0.333. The van der Waals surface area contributed by atoms with Gasteiger partial charge in [-0.05, 0) is 50.1 Å². The fourth-order valence-electron chi connectivity index (χ4n) is 3.42. The molecule has 0 radical (unpaired) electrons. The molecular weight excluding hydrogens is 435 g/mol. The van der Waals surface area contributed by atoms with Gasteiger partial charge in [-0.15, -0.1) is 0 Å². The summed E-state index contributed by atoms with van der Waals surface area (Å²) in [6.45, 7) is 5.49. The summed E-state index contributed by atoms with van der Waals surface area (Å²) >= 11 is 6.04. The molecule has 2 aromatic carbocycles. The van der Waals surface area contributed by atoms with Crippen LogP contribution >= 0.6 is 11.6 Å². The number of amides is 2. The van der Waals surface area contributed by atoms with E-state index in [-0.39, 0.29) is 24.3 Å². The van der Waals surface area contributed by atoms with Gasteiger partial charge in [0.2, 0.25) is 0 Å². The maximum absolute atomic E-state index is 13.9. The summed E-state index contributed by atoms with van der Waals surface area (Å²) in [5.41, 5.74) is 1.91. The molecule has 2 amide bonds. The number of benzene rings is 2. The highest BCUT2D eigenvalue weighted by Gasteiger charge is 2.33. The molecule has 1 aliphatic heterocycles. The van der Waals surface area contributed by atoms with Crippen molar-refractivity contribution in [1.82, 2.24) is 10.6 Å². The predicted molar refractivity (Wildman–Crippen MR) is 120 cm³/mol. The van der Waals surface area contributed by atoms with E-state index in [0.29, 0.717) is 34.0 Å². The molecule has 170 valence electrons. The number of carbonyl (C=O) groups is 2. The number of hydrogen-bond donors (Lipinski definition) is 2. The molecule has 6 nitrogen and oxygen atoms in total. The number of nitrogens with one attached hydrogen (secondary N) is 2. The summed E-state index contributed by atoms with van der Waals surface area (Å²) in [6.07, 6.45) is 1.00. The highest BCUT2D eigenvalue weighted by molar-refractivity contribution is 6.31. The summed E-state index contributed by atoms with van der Waals surface area (Å²) in [5.74, 6) is -0.415. The van der Waals surface area contributed by atoms with E-state index in [9.17, 15) is 14.0 Å². The standard InChI is InChI=1S/C24H26ClFN2O4/c1-4-6-20-21(23(29)32-14(2)3)22(28-24(30)27-20)15-9-11-16(12-10-15)31-13-17-18(25)7-5-8-19(17)26/h5,7-12,14,22H,4,6,13H2,1-3H3,(H2,27,28,30). The molecule has 1 unspecified atom stereocenters. The first-order chi connectivity index (χ1) is 15.3. The molecule has 1 atom stereocenters. The summed E-state index contributed by atoms with van der Waals surface area (Å²) in [4.78, 5) is 25.1. The number of hydrogen-bond acceptors (Lipinski definition) is 4. The number of urea groups is 1. The van der Waals surface area contributed by atoms with Gasteiger partial charge in [0.1, 0.15) is 18.2 Å². The topological polar surface area (TPSA) is 76.7 Å². The van der Waals surface area contributed by atoms with Gasteiger partial charge in [-0.25, -0.2) is 14.0 Å². The number of carbonyl (C=O) groups excluding carboxylic acids is 2. The van der Waals surface area contributed by atoms with E-state index >= 15 is 0 Å². The van der Waals surface area contributed by atoms with Gasteiger partial charge in [0.15, 0.2) is 0 Å². The van der Waals surface area contributed by atoms with E-state index in [4.69, 9.17) is 21.1 Å². The monoisotopic (exact) mass is 460 g/mol. The lowest BCUT2D eigenvalue weighted by atomic mass is 9.93. The van der Waals surface area contributed by atoms with Crippen LogP contribution in [0.4, 0.5) is 9.18 Å². The molecule has 1 heterocycles. The normalized spacial score (nSPS) is 15.9. The van der Waals surface area contributed by atoms with E-state index in [1.54, 1.807) is 44.2 Å². The SMILES string of the molecule is CCCC1=C(C(=O)OC(C)C)C(c2ccc(OCc3c(F)cccc3Cl)cc2)NC(=O)N1. The van der Waals surface area contributed by atoms with Gasteiger partial charge >= 0.3 is 12.0 Å². The van der Waals surface area contributed by atoms with E-state index in [1.807, 2.05) is 6.92 Å². The molecular formula is C24H26ClFN2O4. The van der Waals surface area contributed by atoms with Gasteiger partial charge in [-0.2, -0.15) is 0 Å². The first-order valence-electron chi connectivity index (χ1n) is 10.5. The van der Waals surface area contributed by atoms with Crippen molar-refractivity contribution in [2.24, 2.45) is 0 Å². The van der Waals surface area contributed by atoms with Gasteiger partial charge in [-0.3, -0.25) is 0 Å². The third kappa shape index (κ3) is 5.59. The van der Waals surface area contributed by atoms with Crippen LogP contribution < -0.4 is 15.4 Å². The predicted octanol–water partition coefficient (Wildman–Crippen LogP) is 5.42. The number of esters is 1. The molecule has 2 N–H and O–H groups in total. The molecule has 0 spiro atoms. The van der Waals surface area contributed by atoms with Crippen molar-refractivity contribution in [3.8, 4) is 5.75 Å². The van der Waals surface area contributed by atoms with Crippen LogP contribution in [-0.2, 0) is 16.1 Å². The highest BCUT2D eigenvalue weighted by Crippen LogP contribution is 2.31. The molecule has 0 aromatic heterocycles. The average Bonchev–Trinajstić information content (AvgIpc) is 2.73. The van der Waals surface area contributed by atoms with Gasteiger partial charge in [-0.1, -0.05) is 43.1 Å². The number of rotatable bonds is 8. The Balaban J connectivity index is 1.84. The largest absolute Gasteiger partial charge is 0.489 e. The molecule has 3 rings (SSSR count). The molecule has 0 bridgehead atoms. The smallest absolute Gasteiger partial charge is 0.338 e. The average molecular weight is 461 g/mol. The van der Waals surface area contributed by atoms with Crippen LogP contribution in [0.1, 0.15) is 50.8 Å². The lowest BCUT2D eigenvalue weighted by Gasteiger charge is -2.30. The number of allylic oxidation sites excluding steroid dienone is 1. The minimum Gasteiger partial charge on any atom is -0.489 e. The van der Waals surface area contributed by atoms with Crippen LogP contribution in [0.5, 0.6) is 5.75 Å². The van der Waals surface area contributed by atoms with Crippen molar-refractivity contribution in [2.45, 2.75) is 52.4 Å². The van der Waals surface area contributed by atoms with E-state index < -0.39 is 17.8 Å². The van der Waals surface area contributed by atoms with Crippen LogP contribution in [0.25, 0.3) is 0 Å². The van der Waals surface area contributed by atoms with E-state index in [0.717, 1.165) is 6.42 Å². The van der Waals surface area contributed by atoms with E-state index in [2.05, 4.69) is 10.6 Å². The third-order valence-electron chi connectivity index (χ3n) is 4.87. The number of halogens is 2. The second kappa shape index (κ2) is 10.5. The second-order valence-electron chi connectivity index (χ2n) is 7.69. The Morgan fingerprint density at radius 3 is 2.53 bits per heavy atom.